The van der Waals surface area contributed by atoms with Crippen molar-refractivity contribution in [2.45, 2.75) is 31.7 Å². The van der Waals surface area contributed by atoms with Gasteiger partial charge in [0.2, 0.25) is 0 Å². The van der Waals surface area contributed by atoms with Crippen LogP contribution in [0.15, 0.2) is 24.3 Å². The minimum absolute atomic E-state index is 0.0645. The molecule has 1 aromatic carbocycles. The van der Waals surface area contributed by atoms with E-state index in [1.165, 1.54) is 0 Å². The van der Waals surface area contributed by atoms with E-state index >= 15 is 0 Å². The summed E-state index contributed by atoms with van der Waals surface area (Å²) in [6, 6.07) is 8.16. The highest BCUT2D eigenvalue weighted by Crippen LogP contribution is 2.37. The molecule has 2 aliphatic rings. The van der Waals surface area contributed by atoms with Crippen LogP contribution >= 0.6 is 0 Å². The van der Waals surface area contributed by atoms with Crippen LogP contribution in [0.4, 0.5) is 5.69 Å². The minimum Gasteiger partial charge on any atom is -0.485 e. The Morgan fingerprint density at radius 2 is 2.00 bits per heavy atom. The highest BCUT2D eigenvalue weighted by atomic mass is 16.5. The van der Waals surface area contributed by atoms with Crippen molar-refractivity contribution in [3.63, 3.8) is 0 Å². The van der Waals surface area contributed by atoms with Gasteiger partial charge >= 0.3 is 7.05 Å². The molecule has 0 amide bonds. The van der Waals surface area contributed by atoms with E-state index in [2.05, 4.69) is 16.2 Å². The van der Waals surface area contributed by atoms with Crippen LogP contribution in [-0.4, -0.2) is 42.1 Å². The van der Waals surface area contributed by atoms with Gasteiger partial charge in [-0.3, -0.25) is 0 Å². The zero-order chi connectivity index (χ0) is 13.3. The molecule has 1 spiro atoms. The zero-order valence-corrected chi connectivity index (χ0v) is 11.4. The molecule has 0 radical (unpaired) electrons. The van der Waals surface area contributed by atoms with Gasteiger partial charge in [0.25, 0.3) is 0 Å². The summed E-state index contributed by atoms with van der Waals surface area (Å²) in [5, 5.41) is 13.1. The Morgan fingerprint density at radius 3 is 2.74 bits per heavy atom. The molecule has 2 N–H and O–H groups in total. The minimum atomic E-state index is -0.353. The molecule has 0 aliphatic carbocycles. The van der Waals surface area contributed by atoms with Crippen LogP contribution < -0.4 is 10.1 Å². The molecule has 5 heteroatoms. The first-order valence-electron chi connectivity index (χ1n) is 7.13. The molecule has 102 valence electrons. The topological polar surface area (TPSA) is 44.7 Å². The van der Waals surface area contributed by atoms with E-state index in [1.54, 1.807) is 0 Å². The molecular formula is C14H21BN2O2. The molecule has 0 aromatic heterocycles. The van der Waals surface area contributed by atoms with Crippen LogP contribution in [0.5, 0.6) is 5.75 Å². The van der Waals surface area contributed by atoms with Crippen LogP contribution in [0.1, 0.15) is 19.3 Å². The Balaban J connectivity index is 1.76. The fourth-order valence-corrected chi connectivity index (χ4v) is 3.07. The lowest BCUT2D eigenvalue weighted by molar-refractivity contribution is 0.0152. The van der Waals surface area contributed by atoms with Crippen molar-refractivity contribution in [3.8, 4) is 5.75 Å². The average Bonchev–Trinajstić information content (AvgIpc) is 2.58. The largest absolute Gasteiger partial charge is 0.485 e. The second-order valence-corrected chi connectivity index (χ2v) is 5.63. The van der Waals surface area contributed by atoms with E-state index < -0.39 is 0 Å². The van der Waals surface area contributed by atoms with E-state index in [-0.39, 0.29) is 12.7 Å². The fourth-order valence-electron chi connectivity index (χ4n) is 3.07. The molecule has 0 unspecified atom stereocenters. The third kappa shape index (κ3) is 2.58. The number of para-hydroxylation sites is 2. The van der Waals surface area contributed by atoms with Crippen LogP contribution in [0, 0.1) is 0 Å². The number of rotatable bonds is 1. The molecule has 0 saturated carbocycles. The van der Waals surface area contributed by atoms with Crippen molar-refractivity contribution in [1.82, 2.24) is 4.81 Å². The maximum atomic E-state index is 9.65. The summed E-state index contributed by atoms with van der Waals surface area (Å²) in [7, 11) is -0.353. The van der Waals surface area contributed by atoms with Gasteiger partial charge in [0, 0.05) is 13.0 Å². The Hall–Kier alpha value is -1.20. The van der Waals surface area contributed by atoms with E-state index in [4.69, 9.17) is 4.74 Å². The van der Waals surface area contributed by atoms with Crippen molar-refractivity contribution in [2.24, 2.45) is 0 Å². The highest BCUT2D eigenvalue weighted by Gasteiger charge is 2.39. The molecule has 1 saturated heterocycles. The molecule has 19 heavy (non-hydrogen) atoms. The van der Waals surface area contributed by atoms with Crippen LogP contribution in [0.25, 0.3) is 0 Å². The van der Waals surface area contributed by atoms with E-state index in [0.29, 0.717) is 0 Å². The van der Waals surface area contributed by atoms with Gasteiger partial charge in [-0.25, -0.2) is 0 Å². The molecule has 2 heterocycles. The van der Waals surface area contributed by atoms with Crippen LogP contribution in [-0.2, 0) is 0 Å². The van der Waals surface area contributed by atoms with Gasteiger partial charge in [0.15, 0.2) is 0 Å². The smallest absolute Gasteiger partial charge is 0.376 e. The summed E-state index contributed by atoms with van der Waals surface area (Å²) in [5.41, 5.74) is 1.03. The van der Waals surface area contributed by atoms with Gasteiger partial charge in [-0.1, -0.05) is 12.1 Å². The molecule has 3 rings (SSSR count). The summed E-state index contributed by atoms with van der Waals surface area (Å²) < 4.78 is 6.34. The highest BCUT2D eigenvalue weighted by molar-refractivity contribution is 6.45. The Kier molecular flexibility index (Phi) is 3.41. The second kappa shape index (κ2) is 5.06. The number of piperidine rings is 1. The number of nitrogens with one attached hydrogen (secondary N) is 1. The standard InChI is InChI=1S/C14H21BN2O2/c1-15(18)17-10-7-14(8-11-17)6-9-16-12-4-2-3-5-13(12)19-14/h2-5,16,18H,6-11H2,1H3. The predicted octanol–water partition coefficient (Wildman–Crippen LogP) is 1.83. The van der Waals surface area contributed by atoms with Gasteiger partial charge in [0.1, 0.15) is 11.4 Å². The van der Waals surface area contributed by atoms with Crippen molar-refractivity contribution in [2.75, 3.05) is 25.0 Å². The number of anilines is 1. The quantitative estimate of drug-likeness (QED) is 0.756. The van der Waals surface area contributed by atoms with E-state index in [9.17, 15) is 5.02 Å². The number of fused-ring (bicyclic) bond motifs is 1. The maximum absolute atomic E-state index is 9.65. The van der Waals surface area contributed by atoms with Crippen LogP contribution in [0.3, 0.4) is 0 Å². The van der Waals surface area contributed by atoms with Gasteiger partial charge in [0.05, 0.1) is 5.69 Å². The fraction of sp³-hybridized carbons (Fsp3) is 0.571. The van der Waals surface area contributed by atoms with Gasteiger partial charge < -0.3 is 19.9 Å². The molecule has 0 atom stereocenters. The van der Waals surface area contributed by atoms with Crippen molar-refractivity contribution in [1.29, 1.82) is 0 Å². The summed E-state index contributed by atoms with van der Waals surface area (Å²) >= 11 is 0. The molecule has 1 aromatic rings. The third-order valence-electron chi connectivity index (χ3n) is 4.35. The first-order chi connectivity index (χ1) is 9.19. The first kappa shape index (κ1) is 12.8. The maximum Gasteiger partial charge on any atom is 0.376 e. The van der Waals surface area contributed by atoms with Crippen LogP contribution in [0.2, 0.25) is 6.82 Å². The lowest BCUT2D eigenvalue weighted by atomic mass is 9.78. The number of hydrogen-bond donors (Lipinski definition) is 2. The monoisotopic (exact) mass is 260 g/mol. The summed E-state index contributed by atoms with van der Waals surface area (Å²) in [6.07, 6.45) is 2.98. The van der Waals surface area contributed by atoms with E-state index in [0.717, 1.165) is 50.3 Å². The summed E-state index contributed by atoms with van der Waals surface area (Å²) in [6.45, 7) is 4.59. The van der Waals surface area contributed by atoms with Gasteiger partial charge in [-0.15, -0.1) is 0 Å². The summed E-state index contributed by atoms with van der Waals surface area (Å²) in [5.74, 6) is 0.963. The third-order valence-corrected chi connectivity index (χ3v) is 4.35. The van der Waals surface area contributed by atoms with Gasteiger partial charge in [-0.2, -0.15) is 0 Å². The molecular weight excluding hydrogens is 239 g/mol. The number of benzene rings is 1. The van der Waals surface area contributed by atoms with Crippen molar-refractivity contribution < 1.29 is 9.76 Å². The Morgan fingerprint density at radius 1 is 1.26 bits per heavy atom. The molecule has 1 fully saturated rings. The average molecular weight is 260 g/mol. The molecule has 2 aliphatic heterocycles. The summed E-state index contributed by atoms with van der Waals surface area (Å²) in [4.78, 5) is 2.11. The normalized spacial score (nSPS) is 22.0. The molecule has 0 bridgehead atoms. The zero-order valence-electron chi connectivity index (χ0n) is 11.4. The number of nitrogens with zero attached hydrogens (tertiary/aromatic N) is 1. The number of ether oxygens (including phenoxy) is 1. The Bertz CT molecular complexity index is 445. The predicted molar refractivity (Wildman–Crippen MR) is 77.6 cm³/mol. The first-order valence-corrected chi connectivity index (χ1v) is 7.13. The Labute approximate surface area is 114 Å². The van der Waals surface area contributed by atoms with Crippen molar-refractivity contribution in [3.05, 3.63) is 24.3 Å². The lowest BCUT2D eigenvalue weighted by Crippen LogP contribution is -2.52. The second-order valence-electron chi connectivity index (χ2n) is 5.63. The van der Waals surface area contributed by atoms with Crippen molar-refractivity contribution >= 4 is 12.7 Å². The van der Waals surface area contributed by atoms with Gasteiger partial charge in [-0.05, 0) is 44.9 Å². The SMILES string of the molecule is CB(O)N1CCC2(CCNc3ccccc3O2)CC1. The number of hydrogen-bond acceptors (Lipinski definition) is 4. The molecule has 4 nitrogen and oxygen atoms in total. The lowest BCUT2D eigenvalue weighted by Gasteiger charge is -2.41. The van der Waals surface area contributed by atoms with E-state index in [1.807, 2.05) is 25.0 Å².